The molecule has 0 bridgehead atoms. The van der Waals surface area contributed by atoms with Crippen LogP contribution < -0.4 is 5.56 Å². The summed E-state index contributed by atoms with van der Waals surface area (Å²) >= 11 is 1.47. The van der Waals surface area contributed by atoms with Gasteiger partial charge in [0.05, 0.1) is 34.4 Å². The Labute approximate surface area is 184 Å². The van der Waals surface area contributed by atoms with Crippen molar-refractivity contribution in [3.63, 3.8) is 0 Å². The maximum absolute atomic E-state index is 13.2. The van der Waals surface area contributed by atoms with E-state index in [1.54, 1.807) is 12.1 Å². The van der Waals surface area contributed by atoms with E-state index in [4.69, 9.17) is 4.42 Å². The van der Waals surface area contributed by atoms with Crippen molar-refractivity contribution in [2.24, 2.45) is 5.10 Å². The van der Waals surface area contributed by atoms with Gasteiger partial charge in [0.25, 0.3) is 5.91 Å². The first-order chi connectivity index (χ1) is 15.4. The van der Waals surface area contributed by atoms with Crippen molar-refractivity contribution in [2.75, 3.05) is 7.11 Å². The molecular formula is C20H16N4O7S. The predicted octanol–water partition coefficient (Wildman–Crippen LogP) is 2.58. The monoisotopic (exact) mass is 456 g/mol. The number of ether oxygens (including phenoxy) is 1. The quantitative estimate of drug-likeness (QED) is 0.316. The van der Waals surface area contributed by atoms with Crippen molar-refractivity contribution in [1.29, 1.82) is 0 Å². The number of pyridine rings is 1. The van der Waals surface area contributed by atoms with Gasteiger partial charge < -0.3 is 9.15 Å². The molecule has 0 fully saturated rings. The molecule has 0 spiro atoms. The van der Waals surface area contributed by atoms with E-state index in [0.717, 1.165) is 28.8 Å². The molecule has 0 saturated carbocycles. The molecule has 1 aliphatic rings. The average molecular weight is 456 g/mol. The minimum absolute atomic E-state index is 0.224. The Balaban J connectivity index is 1.70. The zero-order chi connectivity index (χ0) is 22.8. The normalized spacial score (nSPS) is 15.5. The van der Waals surface area contributed by atoms with E-state index in [1.807, 2.05) is 17.5 Å². The number of aromatic nitrogens is 1. The molecule has 11 nitrogen and oxygen atoms in total. The zero-order valence-electron chi connectivity index (χ0n) is 16.7. The highest BCUT2D eigenvalue weighted by molar-refractivity contribution is 7.12. The summed E-state index contributed by atoms with van der Waals surface area (Å²) in [5, 5.41) is 18.8. The Morgan fingerprint density at radius 3 is 2.81 bits per heavy atom. The summed E-state index contributed by atoms with van der Waals surface area (Å²) in [5.41, 5.74) is -1.41. The number of nitrogens with zero attached hydrogens (tertiary/aromatic N) is 4. The molecule has 12 heteroatoms. The Morgan fingerprint density at radius 1 is 1.38 bits per heavy atom. The molecule has 164 valence electrons. The highest BCUT2D eigenvalue weighted by atomic mass is 32.1. The van der Waals surface area contributed by atoms with Crippen molar-refractivity contribution in [2.45, 2.75) is 19.0 Å². The molecule has 0 aromatic carbocycles. The maximum Gasteiger partial charge on any atom is 0.339 e. The predicted molar refractivity (Wildman–Crippen MR) is 112 cm³/mol. The number of methoxy groups -OCH3 is 1. The Bertz CT molecular complexity index is 1260. The summed E-state index contributed by atoms with van der Waals surface area (Å²) < 4.78 is 10.9. The van der Waals surface area contributed by atoms with Crippen LogP contribution in [0.5, 0.6) is 0 Å². The largest absolute Gasteiger partial charge is 0.467 e. The van der Waals surface area contributed by atoms with Crippen molar-refractivity contribution in [3.8, 4) is 0 Å². The van der Waals surface area contributed by atoms with Gasteiger partial charge in [-0.05, 0) is 23.6 Å². The van der Waals surface area contributed by atoms with Gasteiger partial charge in [0, 0.05) is 18.7 Å². The van der Waals surface area contributed by atoms with Gasteiger partial charge in [-0.3, -0.25) is 24.3 Å². The third kappa shape index (κ3) is 3.95. The van der Waals surface area contributed by atoms with Crippen LogP contribution in [0, 0.1) is 10.1 Å². The number of rotatable bonds is 6. The lowest BCUT2D eigenvalue weighted by atomic mass is 10.1. The molecule has 1 atom stereocenters. The fourth-order valence-corrected chi connectivity index (χ4v) is 4.07. The van der Waals surface area contributed by atoms with Crippen LogP contribution in [0.2, 0.25) is 0 Å². The van der Waals surface area contributed by atoms with E-state index in [1.165, 1.54) is 22.6 Å². The summed E-state index contributed by atoms with van der Waals surface area (Å²) in [4.78, 5) is 48.8. The lowest BCUT2D eigenvalue weighted by Crippen LogP contribution is -2.34. The molecule has 4 heterocycles. The Hall–Kier alpha value is -4.06. The third-order valence-electron chi connectivity index (χ3n) is 4.83. The zero-order valence-corrected chi connectivity index (χ0v) is 17.5. The van der Waals surface area contributed by atoms with Gasteiger partial charge in [0.2, 0.25) is 0 Å². The molecule has 3 aromatic rings. The number of hydrogen-bond donors (Lipinski definition) is 0. The number of nitro groups is 1. The van der Waals surface area contributed by atoms with Crippen LogP contribution in [-0.2, 0) is 16.1 Å². The fraction of sp³-hybridized carbons (Fsp3) is 0.200. The molecule has 3 aromatic heterocycles. The van der Waals surface area contributed by atoms with Crippen LogP contribution in [-0.4, -0.2) is 39.2 Å². The second-order valence-corrected chi connectivity index (χ2v) is 7.74. The maximum atomic E-state index is 13.2. The highest BCUT2D eigenvalue weighted by Gasteiger charge is 2.35. The minimum Gasteiger partial charge on any atom is -0.467 e. The van der Waals surface area contributed by atoms with Crippen LogP contribution in [0.15, 0.2) is 62.5 Å². The van der Waals surface area contributed by atoms with Crippen molar-refractivity contribution >= 4 is 34.6 Å². The van der Waals surface area contributed by atoms with Gasteiger partial charge in [0.15, 0.2) is 0 Å². The first-order valence-electron chi connectivity index (χ1n) is 9.33. The number of hydrogen-bond acceptors (Lipinski definition) is 9. The van der Waals surface area contributed by atoms with Gasteiger partial charge in [0.1, 0.15) is 18.3 Å². The molecule has 0 N–H and O–H groups in total. The van der Waals surface area contributed by atoms with E-state index in [2.05, 4.69) is 9.84 Å². The molecule has 0 aliphatic carbocycles. The van der Waals surface area contributed by atoms with Gasteiger partial charge in [-0.25, -0.2) is 9.80 Å². The van der Waals surface area contributed by atoms with Crippen LogP contribution in [0.3, 0.4) is 0 Å². The highest BCUT2D eigenvalue weighted by Crippen LogP contribution is 2.34. The lowest BCUT2D eigenvalue weighted by Gasteiger charge is -2.20. The van der Waals surface area contributed by atoms with E-state index in [0.29, 0.717) is 17.9 Å². The fourth-order valence-electron chi connectivity index (χ4n) is 3.35. The SMILES string of the molecule is COC(=O)c1cc([N+](=O)[O-])c(=O)n(CC(=O)N2N=C(c3cccs3)CC2c2ccco2)c1. The van der Waals surface area contributed by atoms with Gasteiger partial charge >= 0.3 is 17.2 Å². The number of carbonyl (C=O) groups is 2. The van der Waals surface area contributed by atoms with E-state index in [9.17, 15) is 24.5 Å². The standard InChI is InChI=1S/C20H16N4O7S/c1-30-20(27)12-8-15(24(28)29)19(26)22(10-12)11-18(25)23-14(16-4-2-6-31-16)9-13(21-23)17-5-3-7-32-17/h2-8,10,14H,9,11H2,1H3. The number of esters is 1. The van der Waals surface area contributed by atoms with Crippen LogP contribution >= 0.6 is 11.3 Å². The summed E-state index contributed by atoms with van der Waals surface area (Å²) in [5.74, 6) is -0.964. The van der Waals surface area contributed by atoms with E-state index < -0.39 is 40.6 Å². The first-order valence-corrected chi connectivity index (χ1v) is 10.2. The molecule has 1 aliphatic heterocycles. The van der Waals surface area contributed by atoms with Crippen LogP contribution in [0.1, 0.15) is 33.5 Å². The molecule has 1 amide bonds. The van der Waals surface area contributed by atoms with Gasteiger partial charge in [-0.15, -0.1) is 11.3 Å². The number of furan rings is 1. The molecule has 32 heavy (non-hydrogen) atoms. The number of thiophene rings is 1. The molecule has 1 unspecified atom stereocenters. The van der Waals surface area contributed by atoms with Gasteiger partial charge in [-0.1, -0.05) is 6.07 Å². The Kier molecular flexibility index (Phi) is 5.69. The smallest absolute Gasteiger partial charge is 0.339 e. The number of hydrazone groups is 1. The molecule has 0 radical (unpaired) electrons. The summed E-state index contributed by atoms with van der Waals surface area (Å²) in [6.45, 7) is -0.567. The van der Waals surface area contributed by atoms with Crippen LogP contribution in [0.4, 0.5) is 5.69 Å². The summed E-state index contributed by atoms with van der Waals surface area (Å²) in [6, 6.07) is 7.44. The van der Waals surface area contributed by atoms with E-state index >= 15 is 0 Å². The molecule has 4 rings (SSSR count). The molecule has 0 saturated heterocycles. The minimum atomic E-state index is -1.02. The third-order valence-corrected chi connectivity index (χ3v) is 5.75. The second-order valence-electron chi connectivity index (χ2n) is 6.79. The van der Waals surface area contributed by atoms with Gasteiger partial charge in [-0.2, -0.15) is 5.10 Å². The number of amides is 1. The number of carbonyl (C=O) groups excluding carboxylic acids is 2. The summed E-state index contributed by atoms with van der Waals surface area (Å²) in [6.07, 6.45) is 2.94. The average Bonchev–Trinajstić information content (AvgIpc) is 3.54. The van der Waals surface area contributed by atoms with E-state index in [-0.39, 0.29) is 5.56 Å². The van der Waals surface area contributed by atoms with Crippen molar-refractivity contribution in [3.05, 3.63) is 84.8 Å². The molecular weight excluding hydrogens is 440 g/mol. The second kappa shape index (κ2) is 8.59. The Morgan fingerprint density at radius 2 is 2.19 bits per heavy atom. The van der Waals surface area contributed by atoms with Crippen LogP contribution in [0.25, 0.3) is 0 Å². The van der Waals surface area contributed by atoms with Crippen molar-refractivity contribution in [1.82, 2.24) is 9.58 Å². The summed E-state index contributed by atoms with van der Waals surface area (Å²) in [7, 11) is 1.10. The van der Waals surface area contributed by atoms with Crippen molar-refractivity contribution < 1.29 is 23.7 Å². The lowest BCUT2D eigenvalue weighted by molar-refractivity contribution is -0.386. The topological polar surface area (TPSA) is 137 Å². The first kappa shape index (κ1) is 21.2.